The number of hydrogen-bond acceptors (Lipinski definition) is 4. The first kappa shape index (κ1) is 22.5. The van der Waals surface area contributed by atoms with Crippen LogP contribution in [0.3, 0.4) is 0 Å². The lowest BCUT2D eigenvalue weighted by Gasteiger charge is -2.52. The zero-order valence-electron chi connectivity index (χ0n) is 19.1. The number of Topliss-reactive ketones (excluding diaryl/α,β-unsaturated/α-hetero) is 1. The van der Waals surface area contributed by atoms with Crippen LogP contribution in [0.4, 0.5) is 0 Å². The third kappa shape index (κ3) is 4.10. The van der Waals surface area contributed by atoms with Crippen LogP contribution in [0.25, 0.3) is 10.8 Å². The van der Waals surface area contributed by atoms with Crippen LogP contribution in [-0.4, -0.2) is 23.3 Å². The van der Waals surface area contributed by atoms with Gasteiger partial charge in [-0.1, -0.05) is 66.7 Å². The molecule has 4 atom stereocenters. The minimum absolute atomic E-state index is 0.00831. The van der Waals surface area contributed by atoms with E-state index in [0.29, 0.717) is 12.2 Å². The van der Waals surface area contributed by atoms with Crippen LogP contribution in [0.2, 0.25) is 0 Å². The number of benzene rings is 4. The zero-order valence-corrected chi connectivity index (χ0v) is 19.1. The van der Waals surface area contributed by atoms with Crippen LogP contribution in [0, 0.1) is 5.92 Å². The van der Waals surface area contributed by atoms with Gasteiger partial charge in [0.05, 0.1) is 5.56 Å². The molecule has 0 aromatic heterocycles. The summed E-state index contributed by atoms with van der Waals surface area (Å²) in [6.45, 7) is 2.03. The Morgan fingerprint density at radius 1 is 0.743 bits per heavy atom. The predicted molar refractivity (Wildman–Crippen MR) is 133 cm³/mol. The molecule has 1 N–H and O–H groups in total. The predicted octanol–water partition coefficient (Wildman–Crippen LogP) is 5.94. The number of fused-ring (bicyclic) bond motifs is 1. The third-order valence-electron chi connectivity index (χ3n) is 7.17. The Balaban J connectivity index is 1.62. The molecule has 0 spiro atoms. The van der Waals surface area contributed by atoms with Gasteiger partial charge in [-0.25, -0.2) is 4.79 Å². The monoisotopic (exact) mass is 464 g/mol. The highest BCUT2D eigenvalue weighted by Crippen LogP contribution is 2.62. The summed E-state index contributed by atoms with van der Waals surface area (Å²) in [7, 11) is 0. The molecule has 0 amide bonds. The fourth-order valence-electron chi connectivity index (χ4n) is 5.58. The molecule has 1 saturated carbocycles. The van der Waals surface area contributed by atoms with Gasteiger partial charge in [0.2, 0.25) is 0 Å². The summed E-state index contributed by atoms with van der Waals surface area (Å²) >= 11 is 0. The Hall–Kier alpha value is -4.25. The molecule has 1 fully saturated rings. The fourth-order valence-corrected chi connectivity index (χ4v) is 5.58. The van der Waals surface area contributed by atoms with Gasteiger partial charge in [0.15, 0.2) is 0 Å². The Kier molecular flexibility index (Phi) is 5.91. The first-order valence-electron chi connectivity index (χ1n) is 11.5. The van der Waals surface area contributed by atoms with Crippen molar-refractivity contribution in [1.29, 1.82) is 0 Å². The minimum Gasteiger partial charge on any atom is -0.478 e. The van der Waals surface area contributed by atoms with E-state index in [4.69, 9.17) is 4.74 Å². The molecule has 1 aliphatic carbocycles. The minimum atomic E-state index is -0.982. The number of carboxylic acids is 1. The number of rotatable bonds is 7. The quantitative estimate of drug-likeness (QED) is 0.342. The smallest absolute Gasteiger partial charge is 0.335 e. The summed E-state index contributed by atoms with van der Waals surface area (Å²) in [5.41, 5.74) is 3.28. The maximum Gasteiger partial charge on any atom is 0.335 e. The Bertz CT molecular complexity index is 1410. The van der Waals surface area contributed by atoms with E-state index in [1.54, 1.807) is 31.2 Å². The van der Waals surface area contributed by atoms with Crippen molar-refractivity contribution in [3.8, 4) is 5.75 Å². The zero-order chi connectivity index (χ0) is 24.5. The maximum absolute atomic E-state index is 13.0. The second-order valence-corrected chi connectivity index (χ2v) is 9.03. The van der Waals surface area contributed by atoms with Gasteiger partial charge in [0, 0.05) is 17.8 Å². The van der Waals surface area contributed by atoms with Crippen LogP contribution < -0.4 is 4.74 Å². The maximum atomic E-state index is 13.0. The van der Waals surface area contributed by atoms with E-state index in [-0.39, 0.29) is 35.0 Å². The number of carbonyl (C=O) groups excluding carboxylic acids is 2. The molecular weight excluding hydrogens is 440 g/mol. The SMILES string of the molecule is CC(=O)[C@H]1[C@H](c2ccc(C(=O)O)cc2)[C@H](c2ccc(OC=O)cc2)[C@H]1c1ccc2ccccc2c1. The normalized spacial score (nSPS) is 21.2. The highest BCUT2D eigenvalue weighted by Gasteiger charge is 2.54. The van der Waals surface area contributed by atoms with E-state index in [2.05, 4.69) is 30.3 Å². The van der Waals surface area contributed by atoms with Crippen molar-refractivity contribution in [1.82, 2.24) is 0 Å². The molecule has 4 aromatic carbocycles. The second-order valence-electron chi connectivity index (χ2n) is 9.03. The molecule has 5 heteroatoms. The average Bonchev–Trinajstić information content (AvgIpc) is 2.85. The number of ketones is 1. The Morgan fingerprint density at radius 3 is 1.94 bits per heavy atom. The van der Waals surface area contributed by atoms with Gasteiger partial charge in [-0.2, -0.15) is 0 Å². The van der Waals surface area contributed by atoms with Gasteiger partial charge in [-0.3, -0.25) is 9.59 Å². The third-order valence-corrected chi connectivity index (χ3v) is 7.17. The average molecular weight is 465 g/mol. The molecule has 4 aromatic rings. The molecule has 1 aliphatic rings. The van der Waals surface area contributed by atoms with Crippen molar-refractivity contribution in [2.75, 3.05) is 0 Å². The summed E-state index contributed by atoms with van der Waals surface area (Å²) < 4.78 is 4.97. The van der Waals surface area contributed by atoms with Gasteiger partial charge in [-0.05, 0) is 64.6 Å². The summed E-state index contributed by atoms with van der Waals surface area (Å²) in [4.78, 5) is 35.1. The topological polar surface area (TPSA) is 80.7 Å². The Labute approximate surface area is 203 Å². The molecule has 0 radical (unpaired) electrons. The largest absolute Gasteiger partial charge is 0.478 e. The van der Waals surface area contributed by atoms with Crippen LogP contribution in [0.5, 0.6) is 5.75 Å². The first-order valence-corrected chi connectivity index (χ1v) is 11.5. The van der Waals surface area contributed by atoms with E-state index >= 15 is 0 Å². The van der Waals surface area contributed by atoms with E-state index in [1.807, 2.05) is 36.4 Å². The van der Waals surface area contributed by atoms with Crippen molar-refractivity contribution >= 4 is 29.0 Å². The Morgan fingerprint density at radius 2 is 1.31 bits per heavy atom. The van der Waals surface area contributed by atoms with E-state index in [0.717, 1.165) is 27.5 Å². The summed E-state index contributed by atoms with van der Waals surface area (Å²) in [5.74, 6) is -0.828. The van der Waals surface area contributed by atoms with Crippen LogP contribution >= 0.6 is 0 Å². The lowest BCUT2D eigenvalue weighted by molar-refractivity contribution is -0.126. The molecule has 0 aliphatic heterocycles. The molecule has 0 saturated heterocycles. The number of aromatic carboxylic acids is 1. The van der Waals surface area contributed by atoms with Crippen molar-refractivity contribution in [3.63, 3.8) is 0 Å². The van der Waals surface area contributed by atoms with E-state index in [9.17, 15) is 19.5 Å². The number of ether oxygens (including phenoxy) is 1. The van der Waals surface area contributed by atoms with Crippen LogP contribution in [0.1, 0.15) is 51.7 Å². The van der Waals surface area contributed by atoms with Gasteiger partial charge in [0.1, 0.15) is 11.5 Å². The number of carbonyl (C=O) groups is 3. The van der Waals surface area contributed by atoms with Crippen LogP contribution in [-0.2, 0) is 9.59 Å². The van der Waals surface area contributed by atoms with Crippen molar-refractivity contribution in [2.45, 2.75) is 24.7 Å². The first-order chi connectivity index (χ1) is 17.0. The molecule has 0 unspecified atom stereocenters. The lowest BCUT2D eigenvalue weighted by atomic mass is 9.50. The molecule has 5 rings (SSSR count). The highest BCUT2D eigenvalue weighted by molar-refractivity contribution is 5.88. The van der Waals surface area contributed by atoms with Gasteiger partial charge in [-0.15, -0.1) is 0 Å². The number of carboxylic acid groups (broad SMARTS) is 1. The number of hydrogen-bond donors (Lipinski definition) is 1. The van der Waals surface area contributed by atoms with E-state index in [1.165, 1.54) is 0 Å². The summed E-state index contributed by atoms with van der Waals surface area (Å²) in [6.07, 6.45) is 0. The molecule has 174 valence electrons. The highest BCUT2D eigenvalue weighted by atomic mass is 16.5. The second kappa shape index (κ2) is 9.18. The summed E-state index contributed by atoms with van der Waals surface area (Å²) in [6, 6.07) is 28.7. The molecule has 0 bridgehead atoms. The molecular formula is C30H24O5. The van der Waals surface area contributed by atoms with Crippen molar-refractivity contribution in [3.05, 3.63) is 113 Å². The van der Waals surface area contributed by atoms with Gasteiger partial charge in [0.25, 0.3) is 6.47 Å². The molecule has 0 heterocycles. The summed E-state index contributed by atoms with van der Waals surface area (Å²) in [5, 5.41) is 11.6. The van der Waals surface area contributed by atoms with Crippen molar-refractivity contribution < 1.29 is 24.2 Å². The lowest BCUT2D eigenvalue weighted by Crippen LogP contribution is -2.45. The van der Waals surface area contributed by atoms with E-state index < -0.39 is 5.97 Å². The standard InChI is InChI=1S/C30H24O5/c1-18(32)26-27(20-7-9-22(10-8-20)30(33)34)28(21-12-14-25(15-13-21)35-17-31)29(26)24-11-6-19-4-2-3-5-23(19)16-24/h2-17,26-29H,1H3,(H,33,34)/t26-,27-,28-,29-/m0/s1. The molecule has 35 heavy (non-hydrogen) atoms. The van der Waals surface area contributed by atoms with Crippen LogP contribution in [0.15, 0.2) is 91.0 Å². The van der Waals surface area contributed by atoms with Gasteiger partial charge >= 0.3 is 5.97 Å². The molecule has 5 nitrogen and oxygen atoms in total. The fraction of sp³-hybridized carbons (Fsp3) is 0.167. The van der Waals surface area contributed by atoms with Gasteiger partial charge < -0.3 is 9.84 Å². The van der Waals surface area contributed by atoms with Crippen molar-refractivity contribution in [2.24, 2.45) is 5.92 Å².